The van der Waals surface area contributed by atoms with Gasteiger partial charge in [0, 0.05) is 23.3 Å². The second kappa shape index (κ2) is 6.35. The lowest BCUT2D eigenvalue weighted by molar-refractivity contribution is -0.194. The molecule has 1 aromatic rings. The number of ether oxygens (including phenoxy) is 1. The second-order valence-corrected chi connectivity index (χ2v) is 9.08. The van der Waals surface area contributed by atoms with Gasteiger partial charge in [-0.15, -0.1) is 23.1 Å². The molecular weight excluding hydrogens is 346 g/mol. The summed E-state index contributed by atoms with van der Waals surface area (Å²) >= 11 is 3.25. The van der Waals surface area contributed by atoms with E-state index in [1.807, 2.05) is 32.2 Å². The quantitative estimate of drug-likeness (QED) is 0.835. The summed E-state index contributed by atoms with van der Waals surface area (Å²) in [7, 11) is 0. The molecular formula is C17H23NO4S2. The topological polar surface area (TPSA) is 75.6 Å². The molecule has 1 fully saturated rings. The summed E-state index contributed by atoms with van der Waals surface area (Å²) < 4.78 is 5.65. The molecule has 1 amide bonds. The van der Waals surface area contributed by atoms with E-state index in [0.29, 0.717) is 13.0 Å². The summed E-state index contributed by atoms with van der Waals surface area (Å²) in [4.78, 5) is 26.1. The molecule has 3 unspecified atom stereocenters. The van der Waals surface area contributed by atoms with Crippen molar-refractivity contribution in [3.8, 4) is 0 Å². The number of amides is 1. The Kier molecular flexibility index (Phi) is 4.70. The normalized spacial score (nSPS) is 31.0. The highest BCUT2D eigenvalue weighted by Crippen LogP contribution is 2.52. The third kappa shape index (κ3) is 2.57. The van der Waals surface area contributed by atoms with Crippen LogP contribution >= 0.6 is 23.1 Å². The highest BCUT2D eigenvalue weighted by atomic mass is 32.2. The molecule has 1 aliphatic heterocycles. The first-order chi connectivity index (χ1) is 11.3. The molecule has 2 heterocycles. The number of thiophene rings is 1. The Hall–Kier alpha value is -1.05. The second-order valence-electron chi connectivity index (χ2n) is 6.87. The van der Waals surface area contributed by atoms with Crippen LogP contribution in [0.25, 0.3) is 0 Å². The summed E-state index contributed by atoms with van der Waals surface area (Å²) in [6.07, 6.45) is 1.13. The predicted molar refractivity (Wildman–Crippen MR) is 95.5 cm³/mol. The van der Waals surface area contributed by atoms with Crippen molar-refractivity contribution in [1.29, 1.82) is 0 Å². The van der Waals surface area contributed by atoms with Crippen molar-refractivity contribution in [2.75, 3.05) is 12.4 Å². The fourth-order valence-corrected chi connectivity index (χ4v) is 5.97. The fourth-order valence-electron chi connectivity index (χ4n) is 3.68. The molecule has 1 aliphatic carbocycles. The van der Waals surface area contributed by atoms with E-state index >= 15 is 0 Å². The first-order valence-corrected chi connectivity index (χ1v) is 10.1. The van der Waals surface area contributed by atoms with Crippen LogP contribution < -0.4 is 5.32 Å². The van der Waals surface area contributed by atoms with Crippen LogP contribution in [0.5, 0.6) is 0 Å². The number of aryl methyl sites for hydroxylation is 1. The molecule has 0 spiro atoms. The van der Waals surface area contributed by atoms with Crippen LogP contribution in [-0.2, 0) is 20.7 Å². The van der Waals surface area contributed by atoms with Crippen molar-refractivity contribution in [1.82, 2.24) is 5.32 Å². The Bertz CT molecular complexity index is 657. The number of carbonyl (C=O) groups is 2. The number of aliphatic carboxylic acids is 1. The van der Waals surface area contributed by atoms with Gasteiger partial charge < -0.3 is 15.2 Å². The molecule has 7 heteroatoms. The minimum Gasteiger partial charge on any atom is -0.479 e. The average molecular weight is 370 g/mol. The molecule has 24 heavy (non-hydrogen) atoms. The Morgan fingerprint density at radius 2 is 2.21 bits per heavy atom. The SMILES string of the molecule is CCOC1CC(NC(=O)C2SCCc3sccc32)(C(=O)O)C1(C)C. The van der Waals surface area contributed by atoms with E-state index in [1.54, 1.807) is 23.1 Å². The molecule has 1 saturated carbocycles. The zero-order valence-corrected chi connectivity index (χ0v) is 15.8. The maximum atomic E-state index is 12.9. The third-order valence-corrected chi connectivity index (χ3v) is 7.62. The maximum absolute atomic E-state index is 12.9. The zero-order chi connectivity index (χ0) is 17.5. The highest BCUT2D eigenvalue weighted by Gasteiger charge is 2.66. The number of hydrogen-bond acceptors (Lipinski definition) is 5. The number of carboxylic acids is 1. The van der Waals surface area contributed by atoms with Crippen LogP contribution in [0.2, 0.25) is 0 Å². The van der Waals surface area contributed by atoms with Crippen molar-refractivity contribution in [3.05, 3.63) is 21.9 Å². The molecule has 0 bridgehead atoms. The standard InChI is InChI=1S/C17H23NO4S2/c1-4-22-12-9-17(15(20)21,16(12,2)3)18-14(19)13-10-5-7-23-11(10)6-8-24-13/h5,7,12-13H,4,6,8-9H2,1-3H3,(H,18,19)(H,20,21). The van der Waals surface area contributed by atoms with E-state index in [-0.39, 0.29) is 17.3 Å². The van der Waals surface area contributed by atoms with Crippen LogP contribution in [0, 0.1) is 5.41 Å². The van der Waals surface area contributed by atoms with Gasteiger partial charge in [-0.1, -0.05) is 13.8 Å². The minimum atomic E-state index is -1.27. The molecule has 1 aromatic heterocycles. The first-order valence-electron chi connectivity index (χ1n) is 8.18. The lowest BCUT2D eigenvalue weighted by atomic mass is 9.54. The van der Waals surface area contributed by atoms with Crippen molar-refractivity contribution >= 4 is 35.0 Å². The lowest BCUT2D eigenvalue weighted by Gasteiger charge is -2.58. The summed E-state index contributed by atoms with van der Waals surface area (Å²) in [5.74, 6) is -0.302. The first kappa shape index (κ1) is 17.8. The van der Waals surface area contributed by atoms with E-state index in [9.17, 15) is 14.7 Å². The van der Waals surface area contributed by atoms with Crippen molar-refractivity contribution in [3.63, 3.8) is 0 Å². The summed E-state index contributed by atoms with van der Waals surface area (Å²) in [5, 5.41) is 14.4. The van der Waals surface area contributed by atoms with Gasteiger partial charge in [-0.2, -0.15) is 0 Å². The minimum absolute atomic E-state index is 0.158. The molecule has 3 atom stereocenters. The number of nitrogens with one attached hydrogen (secondary N) is 1. The summed E-state index contributed by atoms with van der Waals surface area (Å²) in [6, 6.07) is 1.98. The van der Waals surface area contributed by atoms with Gasteiger partial charge in [-0.05, 0) is 36.1 Å². The van der Waals surface area contributed by atoms with E-state index in [4.69, 9.17) is 4.74 Å². The monoisotopic (exact) mass is 369 g/mol. The van der Waals surface area contributed by atoms with Gasteiger partial charge in [0.2, 0.25) is 5.91 Å². The Labute approximate surface area is 150 Å². The number of hydrogen-bond donors (Lipinski definition) is 2. The Balaban J connectivity index is 1.81. The zero-order valence-electron chi connectivity index (χ0n) is 14.1. The summed E-state index contributed by atoms with van der Waals surface area (Å²) in [6.45, 7) is 6.14. The van der Waals surface area contributed by atoms with Gasteiger partial charge in [-0.3, -0.25) is 4.79 Å². The van der Waals surface area contributed by atoms with E-state index in [0.717, 1.165) is 17.7 Å². The molecule has 2 aliphatic rings. The summed E-state index contributed by atoms with van der Waals surface area (Å²) in [5.41, 5.74) is -0.882. The average Bonchev–Trinajstić information content (AvgIpc) is 3.01. The Morgan fingerprint density at radius 1 is 1.46 bits per heavy atom. The number of rotatable bonds is 5. The van der Waals surface area contributed by atoms with Crippen LogP contribution in [0.1, 0.15) is 42.9 Å². The predicted octanol–water partition coefficient (Wildman–Crippen LogP) is 2.85. The van der Waals surface area contributed by atoms with Gasteiger partial charge in [0.15, 0.2) is 0 Å². The largest absolute Gasteiger partial charge is 0.479 e. The number of thioether (sulfide) groups is 1. The maximum Gasteiger partial charge on any atom is 0.330 e. The number of carboxylic acid groups (broad SMARTS) is 1. The van der Waals surface area contributed by atoms with Crippen LogP contribution in [0.4, 0.5) is 0 Å². The number of carbonyl (C=O) groups excluding carboxylic acids is 1. The van der Waals surface area contributed by atoms with E-state index in [2.05, 4.69) is 5.32 Å². The van der Waals surface area contributed by atoms with Gasteiger partial charge >= 0.3 is 5.97 Å². The smallest absolute Gasteiger partial charge is 0.330 e. The van der Waals surface area contributed by atoms with Crippen molar-refractivity contribution in [2.45, 2.75) is 50.5 Å². The van der Waals surface area contributed by atoms with Gasteiger partial charge in [0.1, 0.15) is 10.8 Å². The van der Waals surface area contributed by atoms with Crippen molar-refractivity contribution in [2.24, 2.45) is 5.41 Å². The van der Waals surface area contributed by atoms with Gasteiger partial charge in [-0.25, -0.2) is 4.79 Å². The molecule has 3 rings (SSSR count). The third-order valence-electron chi connectivity index (χ3n) is 5.38. The molecule has 0 saturated heterocycles. The van der Waals surface area contributed by atoms with Crippen LogP contribution in [0.3, 0.4) is 0 Å². The molecule has 2 N–H and O–H groups in total. The van der Waals surface area contributed by atoms with Gasteiger partial charge in [0.25, 0.3) is 0 Å². The molecule has 5 nitrogen and oxygen atoms in total. The van der Waals surface area contributed by atoms with E-state index < -0.39 is 16.9 Å². The van der Waals surface area contributed by atoms with Crippen LogP contribution in [-0.4, -0.2) is 41.0 Å². The molecule has 0 radical (unpaired) electrons. The van der Waals surface area contributed by atoms with E-state index in [1.165, 1.54) is 4.88 Å². The van der Waals surface area contributed by atoms with Crippen molar-refractivity contribution < 1.29 is 19.4 Å². The van der Waals surface area contributed by atoms with Gasteiger partial charge in [0.05, 0.1) is 6.10 Å². The highest BCUT2D eigenvalue weighted by molar-refractivity contribution is 8.00. The Morgan fingerprint density at radius 3 is 2.83 bits per heavy atom. The molecule has 132 valence electrons. The fraction of sp³-hybridized carbons (Fsp3) is 0.647. The van der Waals surface area contributed by atoms with Crippen LogP contribution in [0.15, 0.2) is 11.4 Å². The number of fused-ring (bicyclic) bond motifs is 1. The molecule has 0 aromatic carbocycles. The lowest BCUT2D eigenvalue weighted by Crippen LogP contribution is -2.76.